The lowest BCUT2D eigenvalue weighted by atomic mass is 10.0. The quantitative estimate of drug-likeness (QED) is 0.776. The predicted octanol–water partition coefficient (Wildman–Crippen LogP) is 2.59. The van der Waals surface area contributed by atoms with Gasteiger partial charge in [0.25, 0.3) is 5.92 Å². The van der Waals surface area contributed by atoms with E-state index in [0.717, 1.165) is 6.92 Å². The topological polar surface area (TPSA) is 42.2 Å². The van der Waals surface area contributed by atoms with Crippen molar-refractivity contribution in [3.63, 3.8) is 0 Å². The number of hydrogen-bond acceptors (Lipinski definition) is 3. The van der Waals surface area contributed by atoms with Crippen LogP contribution in [0.1, 0.15) is 18.1 Å². The van der Waals surface area contributed by atoms with Crippen molar-refractivity contribution < 1.29 is 18.3 Å². The van der Waals surface area contributed by atoms with Crippen molar-refractivity contribution in [3.05, 3.63) is 23.3 Å². The number of nitrogens with zero attached hydrogens (tertiary/aromatic N) is 1. The first-order chi connectivity index (χ1) is 7.52. The summed E-state index contributed by atoms with van der Waals surface area (Å²) in [5, 5.41) is 8.61. The molecule has 0 saturated carbocycles. The van der Waals surface area contributed by atoms with E-state index in [1.807, 2.05) is 6.07 Å². The molecular formula is C11H9F2NO2. The molecule has 0 N–H and O–H groups in total. The van der Waals surface area contributed by atoms with Gasteiger partial charge in [-0.15, -0.1) is 0 Å². The number of rotatable bonds is 2. The van der Waals surface area contributed by atoms with Gasteiger partial charge in [-0.2, -0.15) is 5.26 Å². The summed E-state index contributed by atoms with van der Waals surface area (Å²) < 4.78 is 36.5. The van der Waals surface area contributed by atoms with Crippen LogP contribution in [-0.4, -0.2) is 6.79 Å². The lowest BCUT2D eigenvalue weighted by Gasteiger charge is -2.13. The minimum absolute atomic E-state index is 0.00645. The van der Waals surface area contributed by atoms with E-state index < -0.39 is 5.92 Å². The number of nitriles is 1. The third-order valence-corrected chi connectivity index (χ3v) is 2.33. The number of halogens is 2. The van der Waals surface area contributed by atoms with Gasteiger partial charge in [0.2, 0.25) is 6.79 Å². The third-order valence-electron chi connectivity index (χ3n) is 2.33. The smallest absolute Gasteiger partial charge is 0.270 e. The maximum Gasteiger partial charge on any atom is 0.270 e. The van der Waals surface area contributed by atoms with Crippen LogP contribution in [0.4, 0.5) is 8.78 Å². The van der Waals surface area contributed by atoms with E-state index in [4.69, 9.17) is 14.7 Å². The molecule has 0 bridgehead atoms. The molecule has 5 heteroatoms. The van der Waals surface area contributed by atoms with Crippen LogP contribution < -0.4 is 9.47 Å². The van der Waals surface area contributed by atoms with Gasteiger partial charge in [0.1, 0.15) is 0 Å². The fourth-order valence-electron chi connectivity index (χ4n) is 1.55. The first kappa shape index (κ1) is 10.7. The van der Waals surface area contributed by atoms with Gasteiger partial charge in [0, 0.05) is 18.1 Å². The first-order valence-electron chi connectivity index (χ1n) is 4.70. The Balaban J connectivity index is 2.53. The Labute approximate surface area is 91.2 Å². The second-order valence-electron chi connectivity index (χ2n) is 3.59. The van der Waals surface area contributed by atoms with E-state index in [0.29, 0.717) is 11.3 Å². The van der Waals surface area contributed by atoms with Crippen molar-refractivity contribution in [1.82, 2.24) is 0 Å². The van der Waals surface area contributed by atoms with Crippen LogP contribution in [0.3, 0.4) is 0 Å². The van der Waals surface area contributed by atoms with E-state index in [-0.39, 0.29) is 24.5 Å². The Morgan fingerprint density at radius 2 is 2.19 bits per heavy atom. The Morgan fingerprint density at radius 1 is 1.44 bits per heavy atom. The molecule has 1 heterocycles. The summed E-state index contributed by atoms with van der Waals surface area (Å²) in [6, 6.07) is 4.45. The summed E-state index contributed by atoms with van der Waals surface area (Å²) in [6.07, 6.45) is 0.0234. The van der Waals surface area contributed by atoms with Crippen molar-refractivity contribution in [2.45, 2.75) is 19.3 Å². The van der Waals surface area contributed by atoms with Crippen LogP contribution in [-0.2, 0) is 12.3 Å². The molecule has 0 unspecified atom stereocenters. The highest BCUT2D eigenvalue weighted by molar-refractivity contribution is 5.52. The molecule has 0 aromatic heterocycles. The minimum atomic E-state index is -2.95. The molecule has 3 nitrogen and oxygen atoms in total. The van der Waals surface area contributed by atoms with Crippen molar-refractivity contribution in [1.29, 1.82) is 5.26 Å². The van der Waals surface area contributed by atoms with E-state index >= 15 is 0 Å². The maximum atomic E-state index is 13.2. The Bertz CT molecular complexity index is 460. The van der Waals surface area contributed by atoms with Crippen LogP contribution in [0.15, 0.2) is 12.1 Å². The van der Waals surface area contributed by atoms with Crippen molar-refractivity contribution in [3.8, 4) is 17.6 Å². The molecular weight excluding hydrogens is 216 g/mol. The molecule has 0 atom stereocenters. The minimum Gasteiger partial charge on any atom is -0.454 e. The molecule has 0 saturated heterocycles. The summed E-state index contributed by atoms with van der Waals surface area (Å²) in [4.78, 5) is 0. The summed E-state index contributed by atoms with van der Waals surface area (Å²) in [5.41, 5.74) is 0.274. The zero-order valence-corrected chi connectivity index (χ0v) is 8.59. The molecule has 1 aromatic rings. The van der Waals surface area contributed by atoms with Crippen LogP contribution in [0.5, 0.6) is 11.5 Å². The fourth-order valence-corrected chi connectivity index (χ4v) is 1.55. The molecule has 0 amide bonds. The lowest BCUT2D eigenvalue weighted by Crippen LogP contribution is -2.07. The highest BCUT2D eigenvalue weighted by Gasteiger charge is 2.29. The maximum absolute atomic E-state index is 13.2. The van der Waals surface area contributed by atoms with Crippen LogP contribution in [0.25, 0.3) is 0 Å². The van der Waals surface area contributed by atoms with Gasteiger partial charge < -0.3 is 9.47 Å². The second-order valence-corrected chi connectivity index (χ2v) is 3.59. The van der Waals surface area contributed by atoms with Gasteiger partial charge in [-0.1, -0.05) is 0 Å². The van der Waals surface area contributed by atoms with Crippen molar-refractivity contribution in [2.75, 3.05) is 6.79 Å². The normalized spacial score (nSPS) is 13.6. The van der Waals surface area contributed by atoms with Gasteiger partial charge in [-0.3, -0.25) is 0 Å². The number of benzene rings is 1. The van der Waals surface area contributed by atoms with Crippen LogP contribution in [0, 0.1) is 11.3 Å². The summed E-state index contributed by atoms with van der Waals surface area (Å²) in [6.45, 7) is 0.813. The molecule has 1 aromatic carbocycles. The average molecular weight is 225 g/mol. The van der Waals surface area contributed by atoms with Crippen molar-refractivity contribution in [2.24, 2.45) is 0 Å². The van der Waals surface area contributed by atoms with E-state index in [2.05, 4.69) is 0 Å². The van der Waals surface area contributed by atoms with Gasteiger partial charge >= 0.3 is 0 Å². The molecule has 2 rings (SSSR count). The zero-order chi connectivity index (χ0) is 11.8. The summed E-state index contributed by atoms with van der Waals surface area (Å²) in [7, 11) is 0. The number of ether oxygens (including phenoxy) is 2. The van der Waals surface area contributed by atoms with Gasteiger partial charge in [-0.25, -0.2) is 8.78 Å². The SMILES string of the molecule is CC(F)(F)c1cc(CC#N)c2c(c1)OCO2. The van der Waals surface area contributed by atoms with Crippen LogP contribution >= 0.6 is 0 Å². The van der Waals surface area contributed by atoms with Gasteiger partial charge in [-0.05, 0) is 12.1 Å². The Morgan fingerprint density at radius 3 is 2.81 bits per heavy atom. The summed E-state index contributed by atoms with van der Waals surface area (Å²) >= 11 is 0. The average Bonchev–Trinajstić information content (AvgIpc) is 2.64. The monoisotopic (exact) mass is 225 g/mol. The Kier molecular flexibility index (Phi) is 2.43. The molecule has 1 aliphatic heterocycles. The molecule has 0 fully saturated rings. The van der Waals surface area contributed by atoms with E-state index in [1.54, 1.807) is 0 Å². The first-order valence-corrected chi connectivity index (χ1v) is 4.70. The number of hydrogen-bond donors (Lipinski definition) is 0. The number of fused-ring (bicyclic) bond motifs is 1. The second kappa shape index (κ2) is 3.63. The van der Waals surface area contributed by atoms with Crippen molar-refractivity contribution >= 4 is 0 Å². The van der Waals surface area contributed by atoms with Gasteiger partial charge in [0.15, 0.2) is 11.5 Å². The van der Waals surface area contributed by atoms with Crippen LogP contribution in [0.2, 0.25) is 0 Å². The molecule has 0 spiro atoms. The van der Waals surface area contributed by atoms with Gasteiger partial charge in [0.05, 0.1) is 12.5 Å². The van der Waals surface area contributed by atoms with E-state index in [1.165, 1.54) is 12.1 Å². The Hall–Kier alpha value is -1.83. The highest BCUT2D eigenvalue weighted by atomic mass is 19.3. The molecule has 16 heavy (non-hydrogen) atoms. The largest absolute Gasteiger partial charge is 0.454 e. The molecule has 1 aliphatic rings. The molecule has 0 aliphatic carbocycles. The zero-order valence-electron chi connectivity index (χ0n) is 8.59. The standard InChI is InChI=1S/C11H9F2NO2/c1-11(12,13)8-4-7(2-3-14)10-9(5-8)15-6-16-10/h4-5H,2,6H2,1H3. The molecule has 84 valence electrons. The summed E-state index contributed by atoms with van der Waals surface area (Å²) in [5.74, 6) is -2.27. The lowest BCUT2D eigenvalue weighted by molar-refractivity contribution is 0.0172. The third kappa shape index (κ3) is 1.78. The highest BCUT2D eigenvalue weighted by Crippen LogP contribution is 2.40. The number of alkyl halides is 2. The molecule has 0 radical (unpaired) electrons. The fraction of sp³-hybridized carbons (Fsp3) is 0.364. The van der Waals surface area contributed by atoms with E-state index in [9.17, 15) is 8.78 Å². The predicted molar refractivity (Wildman–Crippen MR) is 51.5 cm³/mol.